The van der Waals surface area contributed by atoms with Crippen LogP contribution in [0.1, 0.15) is 39.5 Å². The molecule has 0 bridgehead atoms. The molecule has 0 heterocycles. The maximum absolute atomic E-state index is 7.82. The summed E-state index contributed by atoms with van der Waals surface area (Å²) < 4.78 is 0. The average molecular weight is 229 g/mol. The second-order valence-corrected chi connectivity index (χ2v) is 1.82. The van der Waals surface area contributed by atoms with E-state index in [9.17, 15) is 0 Å². The molecule has 0 spiro atoms. The number of nitriles is 2. The molecule has 0 saturated heterocycles. The summed E-state index contributed by atoms with van der Waals surface area (Å²) in [7, 11) is 0. The van der Waals surface area contributed by atoms with Gasteiger partial charge in [0.05, 0.1) is 12.1 Å². The van der Waals surface area contributed by atoms with E-state index in [2.05, 4.69) is 0 Å². The van der Waals surface area contributed by atoms with E-state index in [-0.39, 0.29) is 26.2 Å². The van der Waals surface area contributed by atoms with E-state index in [0.717, 1.165) is 12.8 Å². The Hall–Kier alpha value is -0.137. The molecule has 0 unspecified atom stereocenters. The normalized spacial score (nSPS) is 5.82. The second-order valence-electron chi connectivity index (χ2n) is 1.82. The number of hydrogen-bond donors (Lipinski definition) is 0. The van der Waals surface area contributed by atoms with Gasteiger partial charge in [-0.1, -0.05) is 13.8 Å². The molecule has 0 saturated carbocycles. The van der Waals surface area contributed by atoms with Gasteiger partial charge in [-0.25, -0.2) is 0 Å². The Morgan fingerprint density at radius 2 is 1.18 bits per heavy atom. The quantitative estimate of drug-likeness (QED) is 0.731. The number of hydrogen-bond acceptors (Lipinski definition) is 2. The number of rotatable bonds is 2. The van der Waals surface area contributed by atoms with E-state index in [0.29, 0.717) is 12.8 Å². The van der Waals surface area contributed by atoms with Gasteiger partial charge in [0.2, 0.25) is 0 Å². The molecule has 0 fully saturated rings. The molecule has 0 radical (unpaired) electrons. The molecule has 11 heavy (non-hydrogen) atoms. The molecular formula is C8H14N2Zr. The second kappa shape index (κ2) is 22.5. The van der Waals surface area contributed by atoms with Crippen molar-refractivity contribution >= 4 is 0 Å². The summed E-state index contributed by atoms with van der Waals surface area (Å²) in [6.07, 6.45) is 3.35. The first-order chi connectivity index (χ1) is 4.83. The van der Waals surface area contributed by atoms with Crippen LogP contribution in [-0.2, 0) is 26.2 Å². The van der Waals surface area contributed by atoms with Gasteiger partial charge in [-0.2, -0.15) is 10.5 Å². The fourth-order valence-corrected chi connectivity index (χ4v) is 0.224. The number of nitrogens with zero attached hydrogens (tertiary/aromatic N) is 2. The van der Waals surface area contributed by atoms with Crippen molar-refractivity contribution in [1.29, 1.82) is 10.5 Å². The van der Waals surface area contributed by atoms with E-state index >= 15 is 0 Å². The van der Waals surface area contributed by atoms with Crippen LogP contribution in [0.4, 0.5) is 0 Å². The third kappa shape index (κ3) is 40.9. The maximum Gasteiger partial charge on any atom is 0.0621 e. The van der Waals surface area contributed by atoms with Crippen LogP contribution < -0.4 is 0 Å². The van der Waals surface area contributed by atoms with Crippen LogP contribution in [0, 0.1) is 22.7 Å². The van der Waals surface area contributed by atoms with E-state index in [1.807, 2.05) is 26.0 Å². The predicted octanol–water partition coefficient (Wildman–Crippen LogP) is 2.62. The summed E-state index contributed by atoms with van der Waals surface area (Å²) in [6.45, 7) is 3.98. The molecule has 0 aliphatic rings. The summed E-state index contributed by atoms with van der Waals surface area (Å²) in [5.41, 5.74) is 0. The van der Waals surface area contributed by atoms with E-state index in [1.54, 1.807) is 0 Å². The minimum absolute atomic E-state index is 0. The van der Waals surface area contributed by atoms with Crippen molar-refractivity contribution in [3.05, 3.63) is 0 Å². The topological polar surface area (TPSA) is 47.6 Å². The van der Waals surface area contributed by atoms with Gasteiger partial charge in [-0.3, -0.25) is 0 Å². The fraction of sp³-hybridized carbons (Fsp3) is 0.750. The van der Waals surface area contributed by atoms with Crippen molar-refractivity contribution in [2.24, 2.45) is 0 Å². The van der Waals surface area contributed by atoms with Gasteiger partial charge in [-0.15, -0.1) is 0 Å². The minimum Gasteiger partial charge on any atom is -0.198 e. The Bertz CT molecular complexity index is 105. The molecular weight excluding hydrogens is 215 g/mol. The van der Waals surface area contributed by atoms with Crippen molar-refractivity contribution in [3.8, 4) is 12.1 Å². The molecule has 0 aromatic rings. The standard InChI is InChI=1S/2C4H7N.Zr/c2*1-2-3-4-5;/h2*2-3H2,1H3;. The van der Waals surface area contributed by atoms with Crippen molar-refractivity contribution in [2.45, 2.75) is 39.5 Å². The van der Waals surface area contributed by atoms with E-state index in [4.69, 9.17) is 10.5 Å². The Labute approximate surface area is 88.3 Å². The molecule has 0 rings (SSSR count). The summed E-state index contributed by atoms with van der Waals surface area (Å²) in [5.74, 6) is 0. The smallest absolute Gasteiger partial charge is 0.0621 e. The molecule has 2 nitrogen and oxygen atoms in total. The zero-order chi connectivity index (χ0) is 8.24. The van der Waals surface area contributed by atoms with Crippen molar-refractivity contribution in [1.82, 2.24) is 0 Å². The zero-order valence-electron chi connectivity index (χ0n) is 7.22. The molecule has 60 valence electrons. The molecule has 3 heteroatoms. The van der Waals surface area contributed by atoms with Gasteiger partial charge in [-0.05, 0) is 12.8 Å². The molecule has 0 aromatic carbocycles. The van der Waals surface area contributed by atoms with Crippen molar-refractivity contribution in [3.63, 3.8) is 0 Å². The van der Waals surface area contributed by atoms with Crippen LogP contribution in [0.3, 0.4) is 0 Å². The first-order valence-electron chi connectivity index (χ1n) is 3.57. The van der Waals surface area contributed by atoms with E-state index < -0.39 is 0 Å². The van der Waals surface area contributed by atoms with Gasteiger partial charge in [0.1, 0.15) is 0 Å². The summed E-state index contributed by atoms with van der Waals surface area (Å²) in [6, 6.07) is 4.03. The molecule has 0 N–H and O–H groups in total. The predicted molar refractivity (Wildman–Crippen MR) is 41.0 cm³/mol. The summed E-state index contributed by atoms with van der Waals surface area (Å²) >= 11 is 0. The molecule has 0 aliphatic heterocycles. The zero-order valence-corrected chi connectivity index (χ0v) is 9.68. The Balaban J connectivity index is -0.000000107. The van der Waals surface area contributed by atoms with E-state index in [1.165, 1.54) is 0 Å². The Kier molecular flexibility index (Phi) is 35.0. The minimum atomic E-state index is 0. The Morgan fingerprint density at radius 1 is 0.909 bits per heavy atom. The van der Waals surface area contributed by atoms with Crippen molar-refractivity contribution < 1.29 is 26.2 Å². The van der Waals surface area contributed by atoms with Gasteiger partial charge in [0, 0.05) is 39.0 Å². The van der Waals surface area contributed by atoms with Crippen molar-refractivity contribution in [2.75, 3.05) is 0 Å². The van der Waals surface area contributed by atoms with Gasteiger partial charge in [0.15, 0.2) is 0 Å². The largest absolute Gasteiger partial charge is 0.198 e. The first kappa shape index (κ1) is 17.1. The summed E-state index contributed by atoms with van der Waals surface area (Å²) in [4.78, 5) is 0. The Morgan fingerprint density at radius 3 is 1.18 bits per heavy atom. The molecule has 0 aromatic heterocycles. The van der Waals surface area contributed by atoms with Crippen LogP contribution >= 0.6 is 0 Å². The van der Waals surface area contributed by atoms with Crippen LogP contribution in [0.25, 0.3) is 0 Å². The summed E-state index contributed by atoms with van der Waals surface area (Å²) in [5, 5.41) is 15.6. The molecule has 0 amide bonds. The van der Waals surface area contributed by atoms with Crippen LogP contribution in [-0.4, -0.2) is 0 Å². The van der Waals surface area contributed by atoms with Gasteiger partial charge in [0.25, 0.3) is 0 Å². The first-order valence-corrected chi connectivity index (χ1v) is 3.57. The van der Waals surface area contributed by atoms with Gasteiger partial charge < -0.3 is 0 Å². The fourth-order valence-electron chi connectivity index (χ4n) is 0.224. The monoisotopic (exact) mass is 228 g/mol. The van der Waals surface area contributed by atoms with Crippen LogP contribution in [0.2, 0.25) is 0 Å². The van der Waals surface area contributed by atoms with Gasteiger partial charge >= 0.3 is 0 Å². The number of unbranched alkanes of at least 4 members (excludes halogenated alkanes) is 2. The third-order valence-electron chi connectivity index (χ3n) is 0.724. The average Bonchev–Trinajstić information content (AvgIpc) is 1.93. The SMILES string of the molecule is CCCC#N.CCCC#N.[Zr]. The molecule has 0 atom stereocenters. The molecule has 0 aliphatic carbocycles. The third-order valence-corrected chi connectivity index (χ3v) is 0.724. The van der Waals surface area contributed by atoms with Crippen LogP contribution in [0.5, 0.6) is 0 Å². The maximum atomic E-state index is 7.82. The van der Waals surface area contributed by atoms with Crippen LogP contribution in [0.15, 0.2) is 0 Å².